The molecule has 4 rings (SSSR count). The molecule has 0 saturated carbocycles. The molecule has 2 aromatic heterocycles. The van der Waals surface area contributed by atoms with E-state index in [1.807, 2.05) is 43.9 Å². The molecule has 0 unspecified atom stereocenters. The number of rotatable bonds is 3. The molecule has 1 saturated heterocycles. The van der Waals surface area contributed by atoms with E-state index in [9.17, 15) is 4.79 Å². The molecule has 2 aromatic rings. The fourth-order valence-electron chi connectivity index (χ4n) is 4.48. The summed E-state index contributed by atoms with van der Waals surface area (Å²) in [4.78, 5) is 26.4. The molecule has 0 atom stereocenters. The second-order valence-corrected chi connectivity index (χ2v) is 9.72. The van der Waals surface area contributed by atoms with Crippen molar-refractivity contribution in [2.75, 3.05) is 47.8 Å². The fourth-order valence-corrected chi connectivity index (χ4v) is 4.48. The van der Waals surface area contributed by atoms with Crippen LogP contribution < -0.4 is 25.9 Å². The number of hydrogen-bond acceptors (Lipinski definition) is 5. The summed E-state index contributed by atoms with van der Waals surface area (Å²) < 4.78 is 1.94. The first-order valence-corrected chi connectivity index (χ1v) is 12.8. The van der Waals surface area contributed by atoms with Crippen molar-refractivity contribution < 1.29 is 4.79 Å². The Labute approximate surface area is 216 Å². The van der Waals surface area contributed by atoms with E-state index in [1.165, 1.54) is 12.1 Å². The number of amides is 2. The number of hydrogen-bond donors (Lipinski definition) is 2. The summed E-state index contributed by atoms with van der Waals surface area (Å²) >= 11 is 0. The van der Waals surface area contributed by atoms with Gasteiger partial charge in [-0.2, -0.15) is 0 Å². The number of terminal acetylenes is 1. The summed E-state index contributed by atoms with van der Waals surface area (Å²) in [5.41, 5.74) is 5.10. The monoisotopic (exact) mass is 493 g/mol. The van der Waals surface area contributed by atoms with E-state index < -0.39 is 0 Å². The molecule has 2 aliphatic rings. The lowest BCUT2D eigenvalue weighted by molar-refractivity contribution is 0.257. The predicted molar refractivity (Wildman–Crippen MR) is 151 cm³/mol. The molecule has 2 amide bonds. The normalized spacial score (nSPS) is 16.3. The summed E-state index contributed by atoms with van der Waals surface area (Å²) in [5, 5.41) is 6.64. The number of anilines is 3. The number of carbonyl (C=O) groups is 1. The van der Waals surface area contributed by atoms with Gasteiger partial charge in [-0.3, -0.25) is 9.89 Å². The Bertz CT molecular complexity index is 1120. The van der Waals surface area contributed by atoms with E-state index in [1.54, 1.807) is 4.90 Å². The maximum absolute atomic E-state index is 13.2. The van der Waals surface area contributed by atoms with Gasteiger partial charge in [0.05, 0.1) is 5.69 Å². The molecule has 0 aromatic carbocycles. The summed E-state index contributed by atoms with van der Waals surface area (Å²) in [5.74, 6) is 0.769. The van der Waals surface area contributed by atoms with Gasteiger partial charge in [-0.15, -0.1) is 12.8 Å². The number of pyridine rings is 2. The van der Waals surface area contributed by atoms with Gasteiger partial charge in [0.25, 0.3) is 0 Å². The van der Waals surface area contributed by atoms with Gasteiger partial charge in [0.1, 0.15) is 11.3 Å². The van der Waals surface area contributed by atoms with Crippen LogP contribution in [0, 0.1) is 19.8 Å². The van der Waals surface area contributed by atoms with Gasteiger partial charge in [0.2, 0.25) is 0 Å². The van der Waals surface area contributed by atoms with Gasteiger partial charge in [-0.1, -0.05) is 20.3 Å². The second-order valence-electron chi connectivity index (χ2n) is 9.72. The van der Waals surface area contributed by atoms with Crippen LogP contribution in [0.4, 0.5) is 22.0 Å². The summed E-state index contributed by atoms with van der Waals surface area (Å²) in [6.45, 7) is 16.9. The topological polar surface area (TPSA) is 77.8 Å². The van der Waals surface area contributed by atoms with E-state index in [-0.39, 0.29) is 11.6 Å². The molecule has 36 heavy (non-hydrogen) atoms. The zero-order chi connectivity index (χ0) is 26.9. The number of urea groups is 1. The minimum atomic E-state index is -0.146. The van der Waals surface area contributed by atoms with Crippen LogP contribution in [0.5, 0.6) is 0 Å². The Balaban J connectivity index is 0.000000850. The van der Waals surface area contributed by atoms with Crippen LogP contribution in [0.25, 0.3) is 0 Å². The van der Waals surface area contributed by atoms with Gasteiger partial charge in [0, 0.05) is 69.0 Å². The first-order valence-electron chi connectivity index (χ1n) is 12.8. The fraction of sp³-hybridized carbons (Fsp3) is 0.536. The van der Waals surface area contributed by atoms with Crippen molar-refractivity contribution in [1.82, 2.24) is 14.9 Å². The average molecular weight is 494 g/mol. The molecule has 8 nitrogen and oxygen atoms in total. The Morgan fingerprint density at radius 1 is 1.25 bits per heavy atom. The summed E-state index contributed by atoms with van der Waals surface area (Å²) in [6, 6.07) is 3.94. The number of carbonyl (C=O) groups excluding carboxylic acids is 1. The van der Waals surface area contributed by atoms with E-state index >= 15 is 0 Å². The van der Waals surface area contributed by atoms with E-state index in [0.29, 0.717) is 6.54 Å². The van der Waals surface area contributed by atoms with Crippen LogP contribution in [0.2, 0.25) is 0 Å². The smallest absolute Gasteiger partial charge is 0.327 e. The third kappa shape index (κ3) is 6.88. The van der Waals surface area contributed by atoms with Crippen LogP contribution >= 0.6 is 0 Å². The van der Waals surface area contributed by atoms with Crippen molar-refractivity contribution in [2.45, 2.75) is 59.9 Å². The molecule has 2 aliphatic heterocycles. The molecule has 0 aliphatic carbocycles. The van der Waals surface area contributed by atoms with E-state index in [2.05, 4.69) is 72.1 Å². The molecule has 0 bridgehead atoms. The number of nitrogens with one attached hydrogen (secondary N) is 2. The highest BCUT2D eigenvalue weighted by Crippen LogP contribution is 2.35. The van der Waals surface area contributed by atoms with Crippen LogP contribution in [-0.4, -0.2) is 53.8 Å². The Morgan fingerprint density at radius 3 is 2.58 bits per heavy atom. The lowest BCUT2D eigenvalue weighted by Gasteiger charge is -2.41. The van der Waals surface area contributed by atoms with Crippen molar-refractivity contribution >= 4 is 23.2 Å². The Kier molecular flexibility index (Phi) is 10.5. The minimum Gasteiger partial charge on any atom is -0.368 e. The molecule has 0 spiro atoms. The molecule has 8 heteroatoms. The molecule has 4 heterocycles. The first kappa shape index (κ1) is 28.9. The third-order valence-corrected chi connectivity index (χ3v) is 6.02. The number of aromatic nitrogens is 2. The number of aryl methyl sites for hydroxylation is 2. The highest BCUT2D eigenvalue weighted by molar-refractivity contribution is 6.03. The van der Waals surface area contributed by atoms with Crippen molar-refractivity contribution in [3.05, 3.63) is 41.1 Å². The van der Waals surface area contributed by atoms with Gasteiger partial charge in [0.15, 0.2) is 0 Å². The van der Waals surface area contributed by atoms with Gasteiger partial charge < -0.3 is 20.1 Å². The van der Waals surface area contributed by atoms with Crippen molar-refractivity contribution in [3.63, 3.8) is 0 Å². The van der Waals surface area contributed by atoms with Gasteiger partial charge in [-0.25, -0.2) is 9.78 Å². The van der Waals surface area contributed by atoms with Crippen LogP contribution in [0.1, 0.15) is 52.2 Å². The zero-order valence-corrected chi connectivity index (χ0v) is 23.1. The highest BCUT2D eigenvalue weighted by atomic mass is 16.2. The Hall–Kier alpha value is -3.31. The van der Waals surface area contributed by atoms with Crippen molar-refractivity contribution in [2.24, 2.45) is 12.0 Å². The van der Waals surface area contributed by atoms with Gasteiger partial charge in [-0.05, 0) is 51.8 Å². The molecular weight excluding hydrogens is 450 g/mol. The van der Waals surface area contributed by atoms with Crippen LogP contribution in [-0.2, 0) is 13.5 Å². The van der Waals surface area contributed by atoms with E-state index in [4.69, 9.17) is 0 Å². The largest absolute Gasteiger partial charge is 0.368 e. The number of piperazine rings is 1. The maximum atomic E-state index is 13.2. The third-order valence-electron chi connectivity index (χ3n) is 6.02. The standard InChI is InChI=1S/C23H33N7O.C3H8.C2H2/c1-6-24-20-13-16(2)18(14-28(20)5)27-22(31)30-11-8-17-19(7-9-25-21(17)30)29-12-10-26-23(3,4)15-29;1-3-2;1-2/h7,9,13-14,26H,6,8,10-12,15H2,1-5H3,(H,27,31);3H2,1-2H3;1-2H. The molecule has 2 N–H and O–H groups in total. The van der Waals surface area contributed by atoms with E-state index in [0.717, 1.165) is 60.7 Å². The number of fused-ring (bicyclic) bond motifs is 1. The zero-order valence-electron chi connectivity index (χ0n) is 23.1. The lowest BCUT2D eigenvalue weighted by atomic mass is 10.0. The maximum Gasteiger partial charge on any atom is 0.327 e. The van der Waals surface area contributed by atoms with Crippen molar-refractivity contribution in [3.8, 4) is 12.8 Å². The summed E-state index contributed by atoms with van der Waals surface area (Å²) in [6.07, 6.45) is 13.8. The molecule has 1 fully saturated rings. The first-order chi connectivity index (χ1) is 17.2. The van der Waals surface area contributed by atoms with Gasteiger partial charge >= 0.3 is 6.03 Å². The molecule has 196 valence electrons. The average Bonchev–Trinajstić information content (AvgIpc) is 3.28. The minimum absolute atomic E-state index is 0.0628. The van der Waals surface area contributed by atoms with Crippen LogP contribution in [0.3, 0.4) is 0 Å². The molecule has 0 radical (unpaired) electrons. The predicted octanol–water partition coefficient (Wildman–Crippen LogP) is 4.10. The Morgan fingerprint density at radius 2 is 1.94 bits per heavy atom. The lowest BCUT2D eigenvalue weighted by Crippen LogP contribution is -2.57. The second kappa shape index (κ2) is 13.1. The quantitative estimate of drug-likeness (QED) is 0.631. The summed E-state index contributed by atoms with van der Waals surface area (Å²) in [7, 11) is 1.94. The van der Waals surface area contributed by atoms with Crippen LogP contribution in [0.15, 0.2) is 29.5 Å². The van der Waals surface area contributed by atoms with Crippen molar-refractivity contribution in [1.29, 1.82) is 0 Å². The number of nitrogens with zero attached hydrogens (tertiary/aromatic N) is 5. The molecular formula is C28H43N7O. The highest BCUT2D eigenvalue weighted by Gasteiger charge is 2.32. The SMILES string of the molecule is C#C.CCC.CCN=c1cc(C)c(NC(=O)N2CCc3c(N4CCNC(C)(C)C4)ccnc32)cn1C.